The van der Waals surface area contributed by atoms with E-state index in [1.807, 2.05) is 13.8 Å². The molecule has 0 bridgehead atoms. The molecule has 0 amide bonds. The van der Waals surface area contributed by atoms with Crippen LogP contribution in [0.25, 0.3) is 4.96 Å². The Labute approximate surface area is 79.2 Å². The Morgan fingerprint density at radius 2 is 2.38 bits per heavy atom. The summed E-state index contributed by atoms with van der Waals surface area (Å²) in [6, 6.07) is 0. The summed E-state index contributed by atoms with van der Waals surface area (Å²) >= 11 is 1.50. The summed E-state index contributed by atoms with van der Waals surface area (Å²) in [5, 5.41) is 5.12. The van der Waals surface area contributed by atoms with E-state index in [0.29, 0.717) is 5.69 Å². The molecular formula is C8H9N3OS. The van der Waals surface area contributed by atoms with E-state index in [0.717, 1.165) is 28.4 Å². The van der Waals surface area contributed by atoms with Gasteiger partial charge in [-0.15, -0.1) is 0 Å². The van der Waals surface area contributed by atoms with Gasteiger partial charge >= 0.3 is 0 Å². The first kappa shape index (κ1) is 8.37. The predicted molar refractivity (Wildman–Crippen MR) is 50.4 cm³/mol. The molecule has 2 aromatic rings. The fraction of sp³-hybridized carbons (Fsp3) is 0.375. The van der Waals surface area contributed by atoms with Crippen molar-refractivity contribution < 1.29 is 4.79 Å². The zero-order valence-corrected chi connectivity index (χ0v) is 8.26. The van der Waals surface area contributed by atoms with Gasteiger partial charge < -0.3 is 0 Å². The number of aromatic nitrogens is 3. The molecule has 68 valence electrons. The van der Waals surface area contributed by atoms with Crippen molar-refractivity contribution in [3.05, 3.63) is 16.4 Å². The van der Waals surface area contributed by atoms with Gasteiger partial charge in [0.2, 0.25) is 4.96 Å². The fourth-order valence-corrected chi connectivity index (χ4v) is 2.05. The van der Waals surface area contributed by atoms with Crippen molar-refractivity contribution in [3.63, 3.8) is 0 Å². The minimum absolute atomic E-state index is 0.585. The molecule has 0 aliphatic rings. The Hall–Kier alpha value is -1.23. The number of rotatable bonds is 2. The van der Waals surface area contributed by atoms with E-state index in [4.69, 9.17) is 0 Å². The Bertz CT molecular complexity index is 457. The lowest BCUT2D eigenvalue weighted by atomic mass is 10.3. The van der Waals surface area contributed by atoms with E-state index < -0.39 is 0 Å². The zero-order valence-electron chi connectivity index (χ0n) is 7.44. The average molecular weight is 195 g/mol. The molecule has 0 N–H and O–H groups in total. The summed E-state index contributed by atoms with van der Waals surface area (Å²) in [6.45, 7) is 3.88. The zero-order chi connectivity index (χ0) is 9.42. The molecule has 0 aliphatic carbocycles. The molecule has 2 heterocycles. The van der Waals surface area contributed by atoms with Crippen LogP contribution in [0.4, 0.5) is 0 Å². The lowest BCUT2D eigenvalue weighted by Crippen LogP contribution is -1.95. The average Bonchev–Trinajstić information content (AvgIpc) is 2.59. The highest BCUT2D eigenvalue weighted by Crippen LogP contribution is 2.17. The Morgan fingerprint density at radius 3 is 3.00 bits per heavy atom. The van der Waals surface area contributed by atoms with Crippen LogP contribution in [0, 0.1) is 6.92 Å². The van der Waals surface area contributed by atoms with Crippen molar-refractivity contribution in [1.29, 1.82) is 0 Å². The number of carbonyl (C=O) groups excluding carboxylic acids is 1. The van der Waals surface area contributed by atoms with E-state index in [2.05, 4.69) is 10.1 Å². The SMILES string of the molecule is CCc1nc2sc(C)nn2c1C=O. The van der Waals surface area contributed by atoms with Crippen molar-refractivity contribution >= 4 is 22.6 Å². The summed E-state index contributed by atoms with van der Waals surface area (Å²) in [4.78, 5) is 15.9. The molecule has 0 radical (unpaired) electrons. The van der Waals surface area contributed by atoms with Crippen molar-refractivity contribution in [2.75, 3.05) is 0 Å². The van der Waals surface area contributed by atoms with Crippen LogP contribution >= 0.6 is 11.3 Å². The number of aryl methyl sites for hydroxylation is 2. The van der Waals surface area contributed by atoms with Gasteiger partial charge in [-0.25, -0.2) is 4.98 Å². The second kappa shape index (κ2) is 2.92. The van der Waals surface area contributed by atoms with Gasteiger partial charge in [-0.1, -0.05) is 18.3 Å². The predicted octanol–water partition coefficient (Wildman–Crippen LogP) is 1.47. The minimum atomic E-state index is 0.585. The van der Waals surface area contributed by atoms with Crippen LogP contribution < -0.4 is 0 Å². The number of hydrogen-bond donors (Lipinski definition) is 0. The highest BCUT2D eigenvalue weighted by Gasteiger charge is 2.12. The van der Waals surface area contributed by atoms with Crippen molar-refractivity contribution in [2.45, 2.75) is 20.3 Å². The molecule has 0 spiro atoms. The number of fused-ring (bicyclic) bond motifs is 1. The topological polar surface area (TPSA) is 47.3 Å². The lowest BCUT2D eigenvalue weighted by molar-refractivity contribution is 0.111. The molecule has 4 nitrogen and oxygen atoms in total. The fourth-order valence-electron chi connectivity index (χ4n) is 1.28. The number of aldehydes is 1. The second-order valence-corrected chi connectivity index (χ2v) is 3.89. The maximum Gasteiger partial charge on any atom is 0.213 e. The number of imidazole rings is 1. The number of carbonyl (C=O) groups is 1. The molecule has 0 saturated carbocycles. The van der Waals surface area contributed by atoms with Crippen LogP contribution in [0.2, 0.25) is 0 Å². The van der Waals surface area contributed by atoms with Crippen LogP contribution in [-0.4, -0.2) is 20.9 Å². The van der Waals surface area contributed by atoms with E-state index in [1.54, 1.807) is 4.52 Å². The third-order valence-electron chi connectivity index (χ3n) is 1.86. The van der Waals surface area contributed by atoms with Gasteiger partial charge in [-0.3, -0.25) is 4.79 Å². The van der Waals surface area contributed by atoms with Crippen LogP contribution in [0.1, 0.15) is 28.1 Å². The van der Waals surface area contributed by atoms with Crippen LogP contribution in [0.15, 0.2) is 0 Å². The van der Waals surface area contributed by atoms with Crippen molar-refractivity contribution in [1.82, 2.24) is 14.6 Å². The third-order valence-corrected chi connectivity index (χ3v) is 2.69. The van der Waals surface area contributed by atoms with Crippen LogP contribution in [-0.2, 0) is 6.42 Å². The molecule has 0 fully saturated rings. The first-order valence-corrected chi connectivity index (χ1v) is 4.88. The van der Waals surface area contributed by atoms with Gasteiger partial charge in [0.1, 0.15) is 10.7 Å². The van der Waals surface area contributed by atoms with E-state index in [1.165, 1.54) is 11.3 Å². The smallest absolute Gasteiger partial charge is 0.213 e. The van der Waals surface area contributed by atoms with Crippen LogP contribution in [0.5, 0.6) is 0 Å². The maximum absolute atomic E-state index is 10.8. The molecule has 2 rings (SSSR count). The first-order valence-electron chi connectivity index (χ1n) is 4.06. The summed E-state index contributed by atoms with van der Waals surface area (Å²) in [7, 11) is 0. The molecule has 0 aliphatic heterocycles. The van der Waals surface area contributed by atoms with E-state index in [9.17, 15) is 4.79 Å². The quantitative estimate of drug-likeness (QED) is 0.682. The van der Waals surface area contributed by atoms with E-state index in [-0.39, 0.29) is 0 Å². The Morgan fingerprint density at radius 1 is 1.62 bits per heavy atom. The van der Waals surface area contributed by atoms with Crippen molar-refractivity contribution in [2.24, 2.45) is 0 Å². The molecule has 0 saturated heterocycles. The van der Waals surface area contributed by atoms with Gasteiger partial charge in [-0.05, 0) is 13.3 Å². The Kier molecular flexibility index (Phi) is 1.88. The lowest BCUT2D eigenvalue weighted by Gasteiger charge is -1.89. The van der Waals surface area contributed by atoms with E-state index >= 15 is 0 Å². The van der Waals surface area contributed by atoms with Crippen molar-refractivity contribution in [3.8, 4) is 0 Å². The second-order valence-electron chi connectivity index (χ2n) is 2.73. The number of nitrogens with zero attached hydrogens (tertiary/aromatic N) is 3. The highest BCUT2D eigenvalue weighted by atomic mass is 32.1. The summed E-state index contributed by atoms with van der Waals surface area (Å²) < 4.78 is 1.62. The van der Waals surface area contributed by atoms with Gasteiger partial charge in [0.05, 0.1) is 5.69 Å². The summed E-state index contributed by atoms with van der Waals surface area (Å²) in [6.07, 6.45) is 1.58. The third kappa shape index (κ3) is 1.16. The highest BCUT2D eigenvalue weighted by molar-refractivity contribution is 7.16. The molecule has 2 aromatic heterocycles. The normalized spacial score (nSPS) is 10.9. The molecule has 0 atom stereocenters. The molecule has 0 unspecified atom stereocenters. The molecular weight excluding hydrogens is 186 g/mol. The first-order chi connectivity index (χ1) is 6.26. The van der Waals surface area contributed by atoms with Gasteiger partial charge in [0, 0.05) is 0 Å². The standard InChI is InChI=1S/C8H9N3OS/c1-3-6-7(4-12)11-8(9-6)13-5(2)10-11/h4H,3H2,1-2H3. The van der Waals surface area contributed by atoms with Gasteiger partial charge in [0.25, 0.3) is 0 Å². The van der Waals surface area contributed by atoms with Gasteiger partial charge in [0.15, 0.2) is 6.29 Å². The summed E-state index contributed by atoms with van der Waals surface area (Å²) in [5.74, 6) is 0. The number of hydrogen-bond acceptors (Lipinski definition) is 4. The maximum atomic E-state index is 10.8. The molecule has 13 heavy (non-hydrogen) atoms. The monoisotopic (exact) mass is 195 g/mol. The molecule has 0 aromatic carbocycles. The molecule has 5 heteroatoms. The largest absolute Gasteiger partial charge is 0.296 e. The summed E-state index contributed by atoms with van der Waals surface area (Å²) in [5.41, 5.74) is 1.41. The Balaban J connectivity index is 2.77. The van der Waals surface area contributed by atoms with Crippen LogP contribution in [0.3, 0.4) is 0 Å². The van der Waals surface area contributed by atoms with Gasteiger partial charge in [-0.2, -0.15) is 9.61 Å². The minimum Gasteiger partial charge on any atom is -0.296 e.